The van der Waals surface area contributed by atoms with Crippen LogP contribution < -0.4 is 11.1 Å². The van der Waals surface area contributed by atoms with E-state index in [4.69, 9.17) is 15.1 Å². The first-order chi connectivity index (χ1) is 17.9. The molecule has 1 saturated carbocycles. The average Bonchev–Trinajstić information content (AvgIpc) is 3.56. The van der Waals surface area contributed by atoms with Gasteiger partial charge in [-0.3, -0.25) is 9.59 Å². The largest absolute Gasteiger partial charge is 0.480 e. The number of carbonyl (C=O) groups excluding carboxylic acids is 2. The first-order valence-electron chi connectivity index (χ1n) is 12.4. The second-order valence-electron chi connectivity index (χ2n) is 9.44. The van der Waals surface area contributed by atoms with Crippen molar-refractivity contribution in [2.24, 2.45) is 5.73 Å². The van der Waals surface area contributed by atoms with Crippen LogP contribution in [-0.2, 0) is 11.2 Å². The Morgan fingerprint density at radius 2 is 1.78 bits per heavy atom. The van der Waals surface area contributed by atoms with Crippen molar-refractivity contribution in [3.8, 4) is 11.4 Å². The summed E-state index contributed by atoms with van der Waals surface area (Å²) in [5, 5.41) is 12.3. The zero-order valence-corrected chi connectivity index (χ0v) is 20.2. The summed E-state index contributed by atoms with van der Waals surface area (Å²) in [4.78, 5) is 41.1. The Balaban J connectivity index is 1.41. The van der Waals surface area contributed by atoms with E-state index >= 15 is 0 Å². The summed E-state index contributed by atoms with van der Waals surface area (Å²) in [6, 6.07) is 12.7. The predicted octanol–water partition coefficient (Wildman–Crippen LogP) is 4.33. The number of amides is 2. The van der Waals surface area contributed by atoms with Gasteiger partial charge in [-0.1, -0.05) is 31.4 Å². The van der Waals surface area contributed by atoms with Gasteiger partial charge in [-0.05, 0) is 54.8 Å². The van der Waals surface area contributed by atoms with Gasteiger partial charge in [0.1, 0.15) is 18.1 Å². The van der Waals surface area contributed by atoms with Crippen molar-refractivity contribution in [3.63, 3.8) is 0 Å². The van der Waals surface area contributed by atoms with Crippen LogP contribution in [0.2, 0.25) is 0 Å². The molecule has 1 fully saturated rings. The van der Waals surface area contributed by atoms with Gasteiger partial charge < -0.3 is 25.1 Å². The summed E-state index contributed by atoms with van der Waals surface area (Å²) >= 11 is 0. The third kappa shape index (κ3) is 5.11. The van der Waals surface area contributed by atoms with Crippen LogP contribution in [0, 0.1) is 0 Å². The fraction of sp³-hybridized carbons (Fsp3) is 0.286. The molecule has 1 aliphatic rings. The molecule has 190 valence electrons. The number of aliphatic carboxylic acids is 1. The van der Waals surface area contributed by atoms with E-state index in [0.29, 0.717) is 28.2 Å². The number of carboxylic acids is 1. The highest BCUT2D eigenvalue weighted by molar-refractivity contribution is 5.99. The number of hydrogen-bond acceptors (Lipinski definition) is 5. The minimum atomic E-state index is -1.16. The quantitative estimate of drug-likeness (QED) is 0.329. The van der Waals surface area contributed by atoms with E-state index in [1.165, 1.54) is 18.6 Å². The SMILES string of the molecule is NC(=O)c1ccc(CC(NC(=O)c2ccc3c(c2)nc(-c2ccoc2)n3C2CCCCC2)C(=O)O)cc1. The van der Waals surface area contributed by atoms with Gasteiger partial charge in [-0.15, -0.1) is 0 Å². The Hall–Kier alpha value is -4.40. The highest BCUT2D eigenvalue weighted by Gasteiger charge is 2.25. The van der Waals surface area contributed by atoms with E-state index in [-0.39, 0.29) is 6.42 Å². The summed E-state index contributed by atoms with van der Waals surface area (Å²) < 4.78 is 7.55. The summed E-state index contributed by atoms with van der Waals surface area (Å²) in [6.07, 6.45) is 9.04. The van der Waals surface area contributed by atoms with Crippen LogP contribution >= 0.6 is 0 Å². The van der Waals surface area contributed by atoms with E-state index in [1.807, 2.05) is 12.1 Å². The Labute approximate surface area is 213 Å². The normalized spacial score (nSPS) is 14.9. The maximum absolute atomic E-state index is 13.1. The number of aromatic nitrogens is 2. The van der Waals surface area contributed by atoms with Crippen molar-refractivity contribution in [1.82, 2.24) is 14.9 Å². The van der Waals surface area contributed by atoms with Crippen molar-refractivity contribution >= 4 is 28.8 Å². The Kier molecular flexibility index (Phi) is 6.76. The molecule has 0 spiro atoms. The maximum Gasteiger partial charge on any atom is 0.326 e. The highest BCUT2D eigenvalue weighted by atomic mass is 16.4. The molecule has 5 rings (SSSR count). The number of carboxylic acid groups (broad SMARTS) is 1. The molecule has 4 N–H and O–H groups in total. The molecule has 4 aromatic rings. The van der Waals surface area contributed by atoms with E-state index < -0.39 is 23.8 Å². The first kappa shape index (κ1) is 24.3. The average molecular weight is 501 g/mol. The molecular weight excluding hydrogens is 472 g/mol. The number of rotatable bonds is 8. The second kappa shape index (κ2) is 10.3. The van der Waals surface area contributed by atoms with Gasteiger partial charge in [0, 0.05) is 23.6 Å². The summed E-state index contributed by atoms with van der Waals surface area (Å²) in [7, 11) is 0. The van der Waals surface area contributed by atoms with Gasteiger partial charge >= 0.3 is 5.97 Å². The number of hydrogen-bond donors (Lipinski definition) is 3. The molecule has 9 heteroatoms. The first-order valence-corrected chi connectivity index (χ1v) is 12.4. The smallest absolute Gasteiger partial charge is 0.326 e. The minimum absolute atomic E-state index is 0.0588. The van der Waals surface area contributed by atoms with Crippen LogP contribution in [0.1, 0.15) is 64.4 Å². The molecule has 2 heterocycles. The Morgan fingerprint density at radius 3 is 2.43 bits per heavy atom. The van der Waals surface area contributed by atoms with Crippen LogP contribution in [0.5, 0.6) is 0 Å². The van der Waals surface area contributed by atoms with Gasteiger partial charge in [-0.2, -0.15) is 0 Å². The number of nitrogens with zero attached hydrogens (tertiary/aromatic N) is 2. The van der Waals surface area contributed by atoms with Gasteiger partial charge in [-0.25, -0.2) is 9.78 Å². The number of benzene rings is 2. The van der Waals surface area contributed by atoms with E-state index in [0.717, 1.165) is 42.6 Å². The zero-order chi connectivity index (χ0) is 25.9. The summed E-state index contributed by atoms with van der Waals surface area (Å²) in [6.45, 7) is 0. The third-order valence-electron chi connectivity index (χ3n) is 6.95. The number of nitrogens with two attached hydrogens (primary N) is 1. The van der Waals surface area contributed by atoms with Gasteiger partial charge in [0.15, 0.2) is 0 Å². The van der Waals surface area contributed by atoms with Crippen LogP contribution in [-0.4, -0.2) is 38.5 Å². The van der Waals surface area contributed by atoms with Gasteiger partial charge in [0.25, 0.3) is 5.91 Å². The maximum atomic E-state index is 13.1. The molecule has 2 aromatic carbocycles. The molecule has 0 radical (unpaired) electrons. The molecule has 2 amide bonds. The standard InChI is InChI=1S/C28H28N4O5/c29-25(33)18-8-6-17(7-9-18)14-23(28(35)36)31-27(34)19-10-11-24-22(15-19)30-26(20-12-13-37-16-20)32(24)21-4-2-1-3-5-21/h6-13,15-16,21,23H,1-5,14H2,(H2,29,33)(H,31,34)(H,35,36). The van der Waals surface area contributed by atoms with Gasteiger partial charge in [0.2, 0.25) is 5.91 Å². The number of primary amides is 1. The summed E-state index contributed by atoms with van der Waals surface area (Å²) in [5.41, 5.74) is 9.06. The molecule has 0 aliphatic heterocycles. The molecule has 1 atom stereocenters. The fourth-order valence-corrected chi connectivity index (χ4v) is 5.03. The van der Waals surface area contributed by atoms with Crippen molar-refractivity contribution in [2.75, 3.05) is 0 Å². The molecule has 9 nitrogen and oxygen atoms in total. The Morgan fingerprint density at radius 1 is 1.05 bits per heavy atom. The third-order valence-corrected chi connectivity index (χ3v) is 6.95. The summed E-state index contributed by atoms with van der Waals surface area (Å²) in [5.74, 6) is -1.42. The van der Waals surface area contributed by atoms with Crippen molar-refractivity contribution in [3.05, 3.63) is 77.7 Å². The number of carbonyl (C=O) groups is 3. The van der Waals surface area contributed by atoms with Gasteiger partial charge in [0.05, 0.1) is 22.9 Å². The van der Waals surface area contributed by atoms with E-state index in [2.05, 4.69) is 9.88 Å². The Bertz CT molecular complexity index is 1430. The van der Waals surface area contributed by atoms with Crippen LogP contribution in [0.25, 0.3) is 22.4 Å². The second-order valence-corrected chi connectivity index (χ2v) is 9.44. The molecule has 1 aliphatic carbocycles. The highest BCUT2D eigenvalue weighted by Crippen LogP contribution is 2.36. The lowest BCUT2D eigenvalue weighted by Crippen LogP contribution is -2.42. The van der Waals surface area contributed by atoms with Crippen LogP contribution in [0.4, 0.5) is 0 Å². The minimum Gasteiger partial charge on any atom is -0.480 e. The molecular formula is C28H28N4O5. The lowest BCUT2D eigenvalue weighted by molar-refractivity contribution is -0.139. The lowest BCUT2D eigenvalue weighted by Gasteiger charge is -2.25. The topological polar surface area (TPSA) is 140 Å². The van der Waals surface area contributed by atoms with Crippen molar-refractivity contribution in [1.29, 1.82) is 0 Å². The molecule has 37 heavy (non-hydrogen) atoms. The number of fused-ring (bicyclic) bond motifs is 1. The number of nitrogens with one attached hydrogen (secondary N) is 1. The number of imidazole rings is 1. The van der Waals surface area contributed by atoms with Crippen LogP contribution in [0.3, 0.4) is 0 Å². The van der Waals surface area contributed by atoms with Crippen molar-refractivity contribution in [2.45, 2.75) is 50.6 Å². The van der Waals surface area contributed by atoms with Crippen molar-refractivity contribution < 1.29 is 23.9 Å². The van der Waals surface area contributed by atoms with Crippen LogP contribution in [0.15, 0.2) is 65.5 Å². The molecule has 0 bridgehead atoms. The molecule has 1 unspecified atom stereocenters. The van der Waals surface area contributed by atoms with E-state index in [1.54, 1.807) is 36.8 Å². The molecule has 0 saturated heterocycles. The lowest BCUT2D eigenvalue weighted by atomic mass is 9.95. The number of furan rings is 1. The fourth-order valence-electron chi connectivity index (χ4n) is 5.03. The zero-order valence-electron chi connectivity index (χ0n) is 20.2. The molecule has 2 aromatic heterocycles. The monoisotopic (exact) mass is 500 g/mol. The predicted molar refractivity (Wildman–Crippen MR) is 137 cm³/mol. The van der Waals surface area contributed by atoms with E-state index in [9.17, 15) is 19.5 Å².